The fourth-order valence-electron chi connectivity index (χ4n) is 2.52. The van der Waals surface area contributed by atoms with Crippen molar-refractivity contribution >= 4 is 11.8 Å². The molecule has 1 heterocycles. The Labute approximate surface area is 147 Å². The minimum Gasteiger partial charge on any atom is -0.497 e. The molecule has 0 saturated carbocycles. The molecule has 2 aromatic carbocycles. The van der Waals surface area contributed by atoms with Crippen LogP contribution in [-0.4, -0.2) is 22.9 Å². The summed E-state index contributed by atoms with van der Waals surface area (Å²) in [7, 11) is 1.58. The zero-order chi connectivity index (χ0) is 18.0. The molecule has 0 N–H and O–H groups in total. The summed E-state index contributed by atoms with van der Waals surface area (Å²) in [5.74, 6) is 0.707. The van der Waals surface area contributed by atoms with Crippen molar-refractivity contribution in [1.82, 2.24) is 9.55 Å². The summed E-state index contributed by atoms with van der Waals surface area (Å²) in [5.41, 5.74) is 1.28. The van der Waals surface area contributed by atoms with E-state index in [2.05, 4.69) is 4.98 Å². The molecular weight excluding hydrogens is 349 g/mol. The van der Waals surface area contributed by atoms with Crippen LogP contribution in [0.1, 0.15) is 5.56 Å². The molecule has 0 saturated heterocycles. The van der Waals surface area contributed by atoms with Gasteiger partial charge in [0, 0.05) is 11.3 Å². The Bertz CT molecular complexity index is 873. The summed E-state index contributed by atoms with van der Waals surface area (Å²) in [4.78, 5) is 4.34. The van der Waals surface area contributed by atoms with Crippen LogP contribution in [0.25, 0.3) is 16.9 Å². The second-order valence-electron chi connectivity index (χ2n) is 5.24. The van der Waals surface area contributed by atoms with E-state index >= 15 is 0 Å². The Morgan fingerprint density at radius 3 is 2.40 bits per heavy atom. The largest absolute Gasteiger partial charge is 0.497 e. The molecule has 0 fully saturated rings. The van der Waals surface area contributed by atoms with Crippen LogP contribution in [0.4, 0.5) is 13.2 Å². The Hall–Kier alpha value is -2.41. The van der Waals surface area contributed by atoms with Crippen molar-refractivity contribution in [1.29, 1.82) is 0 Å². The second-order valence-corrected chi connectivity index (χ2v) is 6.02. The van der Waals surface area contributed by atoms with Crippen molar-refractivity contribution in [2.24, 2.45) is 0 Å². The SMILES string of the molecule is COc1ccc(-c2cnc(SC)n2-c2cccc(C(F)(F)F)c2)cc1. The van der Waals surface area contributed by atoms with Gasteiger partial charge in [-0.25, -0.2) is 4.98 Å². The smallest absolute Gasteiger partial charge is 0.416 e. The van der Waals surface area contributed by atoms with Crippen molar-refractivity contribution in [2.75, 3.05) is 13.4 Å². The number of hydrogen-bond donors (Lipinski definition) is 0. The number of ether oxygens (including phenoxy) is 1. The quantitative estimate of drug-likeness (QED) is 0.589. The van der Waals surface area contributed by atoms with Crippen molar-refractivity contribution in [3.63, 3.8) is 0 Å². The maximum absolute atomic E-state index is 13.1. The normalized spacial score (nSPS) is 11.6. The molecule has 0 aliphatic heterocycles. The molecule has 0 bridgehead atoms. The molecule has 0 unspecified atom stereocenters. The predicted molar refractivity (Wildman–Crippen MR) is 92.3 cm³/mol. The van der Waals surface area contributed by atoms with Gasteiger partial charge in [0.1, 0.15) is 5.75 Å². The lowest BCUT2D eigenvalue weighted by Crippen LogP contribution is -2.07. The molecule has 0 atom stereocenters. The van der Waals surface area contributed by atoms with E-state index in [-0.39, 0.29) is 0 Å². The van der Waals surface area contributed by atoms with Gasteiger partial charge >= 0.3 is 6.18 Å². The topological polar surface area (TPSA) is 27.1 Å². The Morgan fingerprint density at radius 2 is 1.80 bits per heavy atom. The standard InChI is InChI=1S/C18H15F3N2OS/c1-24-15-8-6-12(7-9-15)16-11-22-17(25-2)23(16)14-5-3-4-13(10-14)18(19,20)21/h3-11H,1-2H3. The maximum Gasteiger partial charge on any atom is 0.416 e. The van der Waals surface area contributed by atoms with E-state index in [9.17, 15) is 13.2 Å². The number of hydrogen-bond acceptors (Lipinski definition) is 3. The van der Waals surface area contributed by atoms with Gasteiger partial charge in [-0.15, -0.1) is 0 Å². The number of imidazole rings is 1. The Balaban J connectivity index is 2.14. The molecule has 3 rings (SSSR count). The third kappa shape index (κ3) is 3.51. The minimum atomic E-state index is -4.39. The summed E-state index contributed by atoms with van der Waals surface area (Å²) in [6.45, 7) is 0. The first-order valence-corrected chi connectivity index (χ1v) is 8.60. The molecule has 7 heteroatoms. The van der Waals surface area contributed by atoms with Gasteiger partial charge in [-0.2, -0.15) is 13.2 Å². The number of alkyl halides is 3. The summed E-state index contributed by atoms with van der Waals surface area (Å²) in [6, 6.07) is 12.5. The van der Waals surface area contributed by atoms with Crippen molar-refractivity contribution in [2.45, 2.75) is 11.3 Å². The number of methoxy groups -OCH3 is 1. The monoisotopic (exact) mass is 364 g/mol. The van der Waals surface area contributed by atoms with Gasteiger partial charge in [0.15, 0.2) is 5.16 Å². The third-order valence-electron chi connectivity index (χ3n) is 3.73. The molecule has 0 aliphatic carbocycles. The van der Waals surface area contributed by atoms with E-state index in [4.69, 9.17) is 4.74 Å². The number of nitrogens with zero attached hydrogens (tertiary/aromatic N) is 2. The minimum absolute atomic E-state index is 0.419. The average Bonchev–Trinajstić information content (AvgIpc) is 3.05. The molecule has 25 heavy (non-hydrogen) atoms. The van der Waals surface area contributed by atoms with E-state index < -0.39 is 11.7 Å². The van der Waals surface area contributed by atoms with Crippen LogP contribution in [0.5, 0.6) is 5.75 Å². The molecule has 1 aromatic heterocycles. The highest BCUT2D eigenvalue weighted by molar-refractivity contribution is 7.98. The zero-order valence-electron chi connectivity index (χ0n) is 13.5. The lowest BCUT2D eigenvalue weighted by atomic mass is 10.1. The number of thioether (sulfide) groups is 1. The Kier molecular flexibility index (Phi) is 4.76. The molecule has 3 nitrogen and oxygen atoms in total. The van der Waals surface area contributed by atoms with Gasteiger partial charge in [0.25, 0.3) is 0 Å². The lowest BCUT2D eigenvalue weighted by molar-refractivity contribution is -0.137. The van der Waals surface area contributed by atoms with Gasteiger partial charge in [-0.3, -0.25) is 4.57 Å². The average molecular weight is 364 g/mol. The second kappa shape index (κ2) is 6.84. The molecule has 0 aliphatic rings. The van der Waals surface area contributed by atoms with Crippen LogP contribution in [0, 0.1) is 0 Å². The summed E-state index contributed by atoms with van der Waals surface area (Å²) >= 11 is 1.37. The van der Waals surface area contributed by atoms with Crippen LogP contribution >= 0.6 is 11.8 Å². The molecule has 0 amide bonds. The third-order valence-corrected chi connectivity index (χ3v) is 4.38. The van der Waals surface area contributed by atoms with E-state index in [0.717, 1.165) is 17.7 Å². The number of aromatic nitrogens is 2. The van der Waals surface area contributed by atoms with Crippen molar-refractivity contribution in [3.8, 4) is 22.7 Å². The molecular formula is C18H15F3N2OS. The first-order valence-electron chi connectivity index (χ1n) is 7.38. The number of rotatable bonds is 4. The first kappa shape index (κ1) is 17.4. The molecule has 130 valence electrons. The lowest BCUT2D eigenvalue weighted by Gasteiger charge is -2.14. The molecule has 0 spiro atoms. The van der Waals surface area contributed by atoms with E-state index in [1.807, 2.05) is 18.4 Å². The van der Waals surface area contributed by atoms with Gasteiger partial charge < -0.3 is 4.74 Å². The predicted octanol–water partition coefficient (Wildman–Crippen LogP) is 5.29. The van der Waals surface area contributed by atoms with E-state index in [1.54, 1.807) is 36.1 Å². The zero-order valence-corrected chi connectivity index (χ0v) is 14.4. The van der Waals surface area contributed by atoms with Gasteiger partial charge in [-0.05, 0) is 48.7 Å². The van der Waals surface area contributed by atoms with E-state index in [0.29, 0.717) is 22.3 Å². The highest BCUT2D eigenvalue weighted by atomic mass is 32.2. The fourth-order valence-corrected chi connectivity index (χ4v) is 3.06. The summed E-state index contributed by atoms with van der Waals surface area (Å²) < 4.78 is 46.0. The summed E-state index contributed by atoms with van der Waals surface area (Å²) in [5, 5.41) is 0.616. The van der Waals surface area contributed by atoms with Gasteiger partial charge in [0.2, 0.25) is 0 Å². The van der Waals surface area contributed by atoms with Gasteiger partial charge in [-0.1, -0.05) is 17.8 Å². The fraction of sp³-hybridized carbons (Fsp3) is 0.167. The molecule has 0 radical (unpaired) electrons. The highest BCUT2D eigenvalue weighted by Gasteiger charge is 2.30. The van der Waals surface area contributed by atoms with Crippen LogP contribution < -0.4 is 4.74 Å². The van der Waals surface area contributed by atoms with Crippen molar-refractivity contribution < 1.29 is 17.9 Å². The first-order chi connectivity index (χ1) is 11.9. The van der Waals surface area contributed by atoms with E-state index in [1.165, 1.54) is 17.8 Å². The van der Waals surface area contributed by atoms with Crippen molar-refractivity contribution in [3.05, 3.63) is 60.3 Å². The van der Waals surface area contributed by atoms with Crippen LogP contribution in [0.15, 0.2) is 59.9 Å². The number of benzene rings is 2. The van der Waals surface area contributed by atoms with Crippen LogP contribution in [0.3, 0.4) is 0 Å². The van der Waals surface area contributed by atoms with Crippen LogP contribution in [-0.2, 0) is 6.18 Å². The molecule has 3 aromatic rings. The van der Waals surface area contributed by atoms with Gasteiger partial charge in [0.05, 0.1) is 24.6 Å². The summed E-state index contributed by atoms with van der Waals surface area (Å²) in [6.07, 6.45) is -0.894. The number of halogens is 3. The highest BCUT2D eigenvalue weighted by Crippen LogP contribution is 2.34. The Morgan fingerprint density at radius 1 is 1.08 bits per heavy atom. The maximum atomic E-state index is 13.1. The van der Waals surface area contributed by atoms with Crippen LogP contribution in [0.2, 0.25) is 0 Å².